The maximum atomic E-state index is 13.4. The predicted octanol–water partition coefficient (Wildman–Crippen LogP) is 2.71. The van der Waals surface area contributed by atoms with Crippen LogP contribution in [0.4, 0.5) is 0 Å². The average Bonchev–Trinajstić information content (AvgIpc) is 3.14. The minimum Gasteiger partial charge on any atom is -0.489 e. The van der Waals surface area contributed by atoms with E-state index in [9.17, 15) is 23.1 Å². The lowest BCUT2D eigenvalue weighted by molar-refractivity contribution is -0.141. The number of H-pyrrole nitrogens is 1. The third-order valence-electron chi connectivity index (χ3n) is 5.77. The van der Waals surface area contributed by atoms with Gasteiger partial charge < -0.3 is 9.84 Å². The number of nitrogens with zero attached hydrogens (tertiary/aromatic N) is 2. The van der Waals surface area contributed by atoms with Crippen LogP contribution in [0.15, 0.2) is 64.3 Å². The van der Waals surface area contributed by atoms with E-state index in [0.29, 0.717) is 18.1 Å². The maximum Gasteiger partial charge on any atom is 0.322 e. The van der Waals surface area contributed by atoms with Crippen molar-refractivity contribution in [3.63, 3.8) is 0 Å². The van der Waals surface area contributed by atoms with Crippen LogP contribution in [-0.4, -0.2) is 39.6 Å². The molecule has 0 bridgehead atoms. The summed E-state index contributed by atoms with van der Waals surface area (Å²) in [7, 11) is -4.19. The number of nitrogens with one attached hydrogen (secondary N) is 1. The van der Waals surface area contributed by atoms with E-state index >= 15 is 0 Å². The molecule has 0 saturated carbocycles. The third kappa shape index (κ3) is 4.51. The van der Waals surface area contributed by atoms with E-state index in [1.54, 1.807) is 0 Å². The number of aromatic nitrogens is 2. The second-order valence-corrected chi connectivity index (χ2v) is 11.1. The standard InChI is InChI=1S/C24H27N3O6S/c1-24(2,3)27-22(28)19-14-26(21(23(29)30)13-20(19)25-27)34(31,32)18-11-9-17(10-12-18)33-15-16-7-5-4-6-8-16/h4-12,21,25H,13-15H2,1-3H3,(H,29,30)/t21-/m1/s1. The Kier molecular flexibility index (Phi) is 6.13. The molecular weight excluding hydrogens is 458 g/mol. The van der Waals surface area contributed by atoms with Crippen LogP contribution in [0.2, 0.25) is 0 Å². The van der Waals surface area contributed by atoms with Gasteiger partial charge in [0.2, 0.25) is 10.0 Å². The summed E-state index contributed by atoms with van der Waals surface area (Å²) in [5.41, 5.74) is 0.769. The van der Waals surface area contributed by atoms with Gasteiger partial charge in [-0.1, -0.05) is 30.3 Å². The van der Waals surface area contributed by atoms with Gasteiger partial charge in [-0.2, -0.15) is 4.31 Å². The first-order valence-electron chi connectivity index (χ1n) is 10.8. The van der Waals surface area contributed by atoms with Crippen LogP contribution in [0, 0.1) is 0 Å². The Morgan fingerprint density at radius 1 is 1.12 bits per heavy atom. The fourth-order valence-corrected chi connectivity index (χ4v) is 5.48. The van der Waals surface area contributed by atoms with E-state index in [-0.39, 0.29) is 29.0 Å². The molecule has 0 saturated heterocycles. The molecule has 3 aromatic rings. The molecule has 180 valence electrons. The number of hydrogen-bond donors (Lipinski definition) is 2. The van der Waals surface area contributed by atoms with Crippen LogP contribution in [-0.2, 0) is 39.9 Å². The normalized spacial score (nSPS) is 16.7. The molecule has 0 amide bonds. The Labute approximate surface area is 197 Å². The number of sulfonamides is 1. The smallest absolute Gasteiger partial charge is 0.322 e. The van der Waals surface area contributed by atoms with Crippen molar-refractivity contribution in [2.24, 2.45) is 0 Å². The van der Waals surface area contributed by atoms with Gasteiger partial charge in [-0.25, -0.2) is 13.1 Å². The fourth-order valence-electron chi connectivity index (χ4n) is 3.93. The molecule has 2 aromatic carbocycles. The molecule has 2 N–H and O–H groups in total. The van der Waals surface area contributed by atoms with E-state index < -0.39 is 27.6 Å². The Morgan fingerprint density at radius 3 is 2.35 bits per heavy atom. The molecule has 1 atom stereocenters. The Morgan fingerprint density at radius 2 is 1.76 bits per heavy atom. The van der Waals surface area contributed by atoms with E-state index in [1.807, 2.05) is 51.1 Å². The zero-order valence-corrected chi connectivity index (χ0v) is 20.0. The summed E-state index contributed by atoms with van der Waals surface area (Å²) in [5.74, 6) is -0.793. The number of ether oxygens (including phenoxy) is 1. The summed E-state index contributed by atoms with van der Waals surface area (Å²) in [6, 6.07) is 14.0. The molecule has 2 heterocycles. The molecule has 4 rings (SSSR count). The molecule has 1 aromatic heterocycles. The lowest BCUT2D eigenvalue weighted by Crippen LogP contribution is -2.49. The highest BCUT2D eigenvalue weighted by molar-refractivity contribution is 7.89. The number of carbonyl (C=O) groups is 1. The largest absolute Gasteiger partial charge is 0.489 e. The lowest BCUT2D eigenvalue weighted by atomic mass is 10.0. The van der Waals surface area contributed by atoms with Gasteiger partial charge in [0.1, 0.15) is 18.4 Å². The molecule has 0 aliphatic carbocycles. The van der Waals surface area contributed by atoms with Gasteiger partial charge in [0, 0.05) is 18.7 Å². The average molecular weight is 486 g/mol. The summed E-state index contributed by atoms with van der Waals surface area (Å²) in [4.78, 5) is 24.8. The van der Waals surface area contributed by atoms with Gasteiger partial charge in [-0.05, 0) is 50.6 Å². The number of aliphatic carboxylic acids is 1. The van der Waals surface area contributed by atoms with E-state index in [1.165, 1.54) is 28.9 Å². The first-order chi connectivity index (χ1) is 16.0. The second kappa shape index (κ2) is 8.77. The Hall–Kier alpha value is -3.37. The fraction of sp³-hybridized carbons (Fsp3) is 0.333. The number of benzene rings is 2. The molecule has 34 heavy (non-hydrogen) atoms. The number of rotatable bonds is 6. The quantitative estimate of drug-likeness (QED) is 0.554. The highest BCUT2D eigenvalue weighted by atomic mass is 32.2. The molecule has 0 radical (unpaired) electrons. The minimum atomic E-state index is -4.19. The highest BCUT2D eigenvalue weighted by Crippen LogP contribution is 2.29. The monoisotopic (exact) mass is 485 g/mol. The van der Waals surface area contributed by atoms with Crippen LogP contribution < -0.4 is 10.3 Å². The Bertz CT molecular complexity index is 1350. The SMILES string of the molecule is CC(C)(C)n1[nH]c2c(c1=O)CN(S(=O)(=O)c1ccc(OCc3ccccc3)cc1)[C@@H](C(=O)O)C2. The summed E-state index contributed by atoms with van der Waals surface area (Å²) in [6.45, 7) is 5.51. The summed E-state index contributed by atoms with van der Waals surface area (Å²) < 4.78 is 34.8. The van der Waals surface area contributed by atoms with Crippen LogP contribution in [0.1, 0.15) is 37.6 Å². The van der Waals surface area contributed by atoms with E-state index in [4.69, 9.17) is 4.74 Å². The third-order valence-corrected chi connectivity index (χ3v) is 7.63. The van der Waals surface area contributed by atoms with Gasteiger partial charge in [0.25, 0.3) is 5.56 Å². The number of carboxylic acid groups (broad SMARTS) is 1. The molecule has 1 aliphatic heterocycles. The van der Waals surface area contributed by atoms with Gasteiger partial charge in [-0.3, -0.25) is 14.7 Å². The summed E-state index contributed by atoms with van der Waals surface area (Å²) in [6.07, 6.45) is -0.125. The molecule has 0 fully saturated rings. The van der Waals surface area contributed by atoms with Crippen molar-refractivity contribution >= 4 is 16.0 Å². The molecular formula is C24H27N3O6S. The van der Waals surface area contributed by atoms with Gasteiger partial charge in [-0.15, -0.1) is 0 Å². The first kappa shape index (κ1) is 23.8. The minimum absolute atomic E-state index is 0.0686. The van der Waals surface area contributed by atoms with Crippen LogP contribution >= 0.6 is 0 Å². The molecule has 10 heteroatoms. The van der Waals surface area contributed by atoms with Crippen molar-refractivity contribution in [1.82, 2.24) is 14.1 Å². The lowest BCUT2D eigenvalue weighted by Gasteiger charge is -2.31. The van der Waals surface area contributed by atoms with Crippen LogP contribution in [0.5, 0.6) is 5.75 Å². The van der Waals surface area contributed by atoms with Gasteiger partial charge in [0.05, 0.1) is 16.0 Å². The highest BCUT2D eigenvalue weighted by Gasteiger charge is 2.42. The van der Waals surface area contributed by atoms with Crippen molar-refractivity contribution in [2.75, 3.05) is 0 Å². The molecule has 0 unspecified atom stereocenters. The van der Waals surface area contributed by atoms with Crippen molar-refractivity contribution in [2.45, 2.75) is 56.8 Å². The van der Waals surface area contributed by atoms with Crippen molar-refractivity contribution < 1.29 is 23.1 Å². The number of hydrogen-bond acceptors (Lipinski definition) is 5. The molecule has 0 spiro atoms. The summed E-state index contributed by atoms with van der Waals surface area (Å²) >= 11 is 0. The van der Waals surface area contributed by atoms with Crippen molar-refractivity contribution in [1.29, 1.82) is 0 Å². The zero-order valence-electron chi connectivity index (χ0n) is 19.2. The molecule has 1 aliphatic rings. The maximum absolute atomic E-state index is 13.4. The zero-order chi connectivity index (χ0) is 24.7. The van der Waals surface area contributed by atoms with Crippen LogP contribution in [0.25, 0.3) is 0 Å². The number of aromatic amines is 1. The van der Waals surface area contributed by atoms with Gasteiger partial charge >= 0.3 is 5.97 Å². The number of carboxylic acids is 1. The van der Waals surface area contributed by atoms with Crippen molar-refractivity contribution in [3.05, 3.63) is 81.8 Å². The predicted molar refractivity (Wildman–Crippen MR) is 125 cm³/mol. The van der Waals surface area contributed by atoms with E-state index in [2.05, 4.69) is 5.10 Å². The second-order valence-electron chi connectivity index (χ2n) is 9.23. The molecule has 9 nitrogen and oxygen atoms in total. The van der Waals surface area contributed by atoms with Crippen LogP contribution in [0.3, 0.4) is 0 Å². The summed E-state index contributed by atoms with van der Waals surface area (Å²) in [5, 5.41) is 12.8. The van der Waals surface area contributed by atoms with Gasteiger partial charge in [0.15, 0.2) is 0 Å². The topological polar surface area (TPSA) is 122 Å². The van der Waals surface area contributed by atoms with Crippen molar-refractivity contribution in [3.8, 4) is 5.75 Å². The Balaban J connectivity index is 1.61. The number of fused-ring (bicyclic) bond motifs is 1. The van der Waals surface area contributed by atoms with E-state index in [0.717, 1.165) is 9.87 Å². The first-order valence-corrected chi connectivity index (χ1v) is 12.3.